The predicted octanol–water partition coefficient (Wildman–Crippen LogP) is 0.0589. The van der Waals surface area contributed by atoms with Gasteiger partial charge in [0.2, 0.25) is 0 Å². The summed E-state index contributed by atoms with van der Waals surface area (Å²) in [6.07, 6.45) is 2.03. The Morgan fingerprint density at radius 2 is 2.41 bits per heavy atom. The Morgan fingerprint density at radius 3 is 2.88 bits per heavy atom. The number of carbonyl (C=O) groups is 1. The Bertz CT molecular complexity index is 495. The lowest BCUT2D eigenvalue weighted by Gasteiger charge is -2.26. The van der Waals surface area contributed by atoms with E-state index in [2.05, 4.69) is 10.2 Å². The molecule has 1 aliphatic rings. The summed E-state index contributed by atoms with van der Waals surface area (Å²) in [4.78, 5) is 13.7. The second-order valence-corrected chi connectivity index (χ2v) is 6.35. The maximum absolute atomic E-state index is 12.1. The fraction of sp³-hybridized carbons (Fsp3) is 0.600. The number of amides is 1. The summed E-state index contributed by atoms with van der Waals surface area (Å²) < 4.78 is 22.8. The van der Waals surface area contributed by atoms with Crippen LogP contribution in [0.4, 0.5) is 0 Å². The molecule has 1 amide bonds. The SMILES string of the molecule is CCN(C(=O)c1ccn[nH]1)C1CCS(=O)(=O)C1. The molecule has 7 heteroatoms. The van der Waals surface area contributed by atoms with Gasteiger partial charge in [-0.2, -0.15) is 5.10 Å². The van der Waals surface area contributed by atoms with Crippen LogP contribution in [-0.4, -0.2) is 53.5 Å². The van der Waals surface area contributed by atoms with E-state index in [1.165, 1.54) is 6.20 Å². The first-order valence-corrected chi connectivity index (χ1v) is 7.36. The van der Waals surface area contributed by atoms with Crippen LogP contribution in [0.15, 0.2) is 12.3 Å². The van der Waals surface area contributed by atoms with Crippen molar-refractivity contribution < 1.29 is 13.2 Å². The Labute approximate surface area is 99.9 Å². The molecule has 17 heavy (non-hydrogen) atoms. The predicted molar refractivity (Wildman–Crippen MR) is 62.4 cm³/mol. The van der Waals surface area contributed by atoms with Crippen LogP contribution in [0.3, 0.4) is 0 Å². The van der Waals surface area contributed by atoms with Crippen molar-refractivity contribution >= 4 is 15.7 Å². The quantitative estimate of drug-likeness (QED) is 0.830. The first-order chi connectivity index (χ1) is 8.03. The molecule has 0 spiro atoms. The van der Waals surface area contributed by atoms with Crippen LogP contribution in [0.2, 0.25) is 0 Å². The van der Waals surface area contributed by atoms with E-state index in [-0.39, 0.29) is 23.5 Å². The van der Waals surface area contributed by atoms with Crippen molar-refractivity contribution in [3.63, 3.8) is 0 Å². The molecule has 2 rings (SSSR count). The normalized spacial score (nSPS) is 22.5. The fourth-order valence-corrected chi connectivity index (χ4v) is 3.85. The second kappa shape index (κ2) is 4.48. The molecule has 1 saturated heterocycles. The smallest absolute Gasteiger partial charge is 0.272 e. The number of hydrogen-bond donors (Lipinski definition) is 1. The largest absolute Gasteiger partial charge is 0.334 e. The van der Waals surface area contributed by atoms with E-state index in [9.17, 15) is 13.2 Å². The van der Waals surface area contributed by atoms with Gasteiger partial charge in [-0.1, -0.05) is 0 Å². The van der Waals surface area contributed by atoms with Crippen molar-refractivity contribution in [2.24, 2.45) is 0 Å². The van der Waals surface area contributed by atoms with Crippen molar-refractivity contribution in [3.05, 3.63) is 18.0 Å². The third kappa shape index (κ3) is 2.49. The highest BCUT2D eigenvalue weighted by Gasteiger charge is 2.34. The van der Waals surface area contributed by atoms with Crippen LogP contribution in [-0.2, 0) is 9.84 Å². The minimum atomic E-state index is -2.97. The van der Waals surface area contributed by atoms with Crippen LogP contribution in [0.25, 0.3) is 0 Å². The van der Waals surface area contributed by atoms with E-state index >= 15 is 0 Å². The van der Waals surface area contributed by atoms with Gasteiger partial charge in [0, 0.05) is 18.8 Å². The molecule has 94 valence electrons. The summed E-state index contributed by atoms with van der Waals surface area (Å²) >= 11 is 0. The third-order valence-electron chi connectivity index (χ3n) is 2.98. The zero-order valence-electron chi connectivity index (χ0n) is 9.59. The van der Waals surface area contributed by atoms with E-state index in [4.69, 9.17) is 0 Å². The molecule has 1 unspecified atom stereocenters. The summed E-state index contributed by atoms with van der Waals surface area (Å²) in [6.45, 7) is 2.34. The van der Waals surface area contributed by atoms with Crippen molar-refractivity contribution in [1.82, 2.24) is 15.1 Å². The van der Waals surface area contributed by atoms with Gasteiger partial charge in [0.25, 0.3) is 5.91 Å². The molecular formula is C10H15N3O3S. The summed E-state index contributed by atoms with van der Waals surface area (Å²) in [6, 6.07) is 1.38. The zero-order valence-corrected chi connectivity index (χ0v) is 10.4. The molecule has 6 nitrogen and oxygen atoms in total. The summed E-state index contributed by atoms with van der Waals surface area (Å²) in [7, 11) is -2.97. The highest BCUT2D eigenvalue weighted by molar-refractivity contribution is 7.91. The third-order valence-corrected chi connectivity index (χ3v) is 4.73. The number of carbonyl (C=O) groups excluding carboxylic acids is 1. The van der Waals surface area contributed by atoms with E-state index in [0.29, 0.717) is 18.7 Å². The summed E-state index contributed by atoms with van der Waals surface area (Å²) in [5, 5.41) is 6.33. The summed E-state index contributed by atoms with van der Waals surface area (Å²) in [5.74, 6) is 0.0533. The van der Waals surface area contributed by atoms with E-state index in [1.54, 1.807) is 11.0 Å². The number of H-pyrrole nitrogens is 1. The van der Waals surface area contributed by atoms with Gasteiger partial charge >= 0.3 is 0 Å². The van der Waals surface area contributed by atoms with Crippen LogP contribution >= 0.6 is 0 Å². The van der Waals surface area contributed by atoms with Gasteiger partial charge in [-0.3, -0.25) is 9.89 Å². The molecule has 2 heterocycles. The highest BCUT2D eigenvalue weighted by Crippen LogP contribution is 2.19. The molecule has 0 aromatic carbocycles. The van der Waals surface area contributed by atoms with E-state index in [0.717, 1.165) is 0 Å². The van der Waals surface area contributed by atoms with Crippen molar-refractivity contribution in [2.45, 2.75) is 19.4 Å². The van der Waals surface area contributed by atoms with E-state index < -0.39 is 9.84 Å². The first-order valence-electron chi connectivity index (χ1n) is 5.54. The lowest BCUT2D eigenvalue weighted by Crippen LogP contribution is -2.41. The highest BCUT2D eigenvalue weighted by atomic mass is 32.2. The number of rotatable bonds is 3. The molecule has 1 aliphatic heterocycles. The Balaban J connectivity index is 2.15. The average molecular weight is 257 g/mol. The maximum atomic E-state index is 12.1. The lowest BCUT2D eigenvalue weighted by molar-refractivity contribution is 0.0702. The molecule has 0 radical (unpaired) electrons. The first kappa shape index (κ1) is 12.1. The van der Waals surface area contributed by atoms with E-state index in [1.807, 2.05) is 6.92 Å². The minimum Gasteiger partial charge on any atom is -0.334 e. The number of aromatic nitrogens is 2. The van der Waals surface area contributed by atoms with Crippen LogP contribution in [0, 0.1) is 0 Å². The van der Waals surface area contributed by atoms with Gasteiger partial charge in [0.05, 0.1) is 11.5 Å². The van der Waals surface area contributed by atoms with Crippen molar-refractivity contribution in [3.8, 4) is 0 Å². The maximum Gasteiger partial charge on any atom is 0.272 e. The number of nitrogens with zero attached hydrogens (tertiary/aromatic N) is 2. The average Bonchev–Trinajstić information content (AvgIpc) is 2.88. The van der Waals surface area contributed by atoms with Gasteiger partial charge in [0.15, 0.2) is 9.84 Å². The fourth-order valence-electron chi connectivity index (χ4n) is 2.12. The van der Waals surface area contributed by atoms with Gasteiger partial charge in [-0.25, -0.2) is 8.42 Å². The minimum absolute atomic E-state index is 0.0702. The molecule has 1 aromatic rings. The molecular weight excluding hydrogens is 242 g/mol. The Hall–Kier alpha value is -1.37. The van der Waals surface area contributed by atoms with Crippen molar-refractivity contribution in [1.29, 1.82) is 0 Å². The molecule has 1 fully saturated rings. The van der Waals surface area contributed by atoms with Crippen LogP contribution < -0.4 is 0 Å². The second-order valence-electron chi connectivity index (χ2n) is 4.12. The standard InChI is InChI=1S/C10H15N3O3S/c1-2-13(8-4-6-17(15,16)7-8)10(14)9-3-5-11-12-9/h3,5,8H,2,4,6-7H2,1H3,(H,11,12). The number of aromatic amines is 1. The van der Waals surface area contributed by atoms with Crippen molar-refractivity contribution in [2.75, 3.05) is 18.1 Å². The Kier molecular flexibility index (Phi) is 3.19. The van der Waals surface area contributed by atoms with Gasteiger partial charge < -0.3 is 4.90 Å². The number of sulfone groups is 1. The van der Waals surface area contributed by atoms with Gasteiger partial charge in [0.1, 0.15) is 5.69 Å². The monoisotopic (exact) mass is 257 g/mol. The molecule has 0 bridgehead atoms. The summed E-state index contributed by atoms with van der Waals surface area (Å²) in [5.41, 5.74) is 0.399. The molecule has 1 aromatic heterocycles. The number of nitrogens with one attached hydrogen (secondary N) is 1. The molecule has 0 saturated carbocycles. The molecule has 0 aliphatic carbocycles. The zero-order chi connectivity index (χ0) is 12.5. The molecule has 1 N–H and O–H groups in total. The van der Waals surface area contributed by atoms with Gasteiger partial charge in [-0.15, -0.1) is 0 Å². The van der Waals surface area contributed by atoms with Crippen LogP contribution in [0.5, 0.6) is 0 Å². The number of hydrogen-bond acceptors (Lipinski definition) is 4. The lowest BCUT2D eigenvalue weighted by atomic mass is 10.2. The van der Waals surface area contributed by atoms with Crippen LogP contribution in [0.1, 0.15) is 23.8 Å². The molecule has 1 atom stereocenters. The van der Waals surface area contributed by atoms with Gasteiger partial charge in [-0.05, 0) is 19.4 Å². The Morgan fingerprint density at radius 1 is 1.65 bits per heavy atom. The topological polar surface area (TPSA) is 83.1 Å².